The van der Waals surface area contributed by atoms with Gasteiger partial charge < -0.3 is 14.9 Å². The van der Waals surface area contributed by atoms with Gasteiger partial charge in [0.1, 0.15) is 0 Å². The summed E-state index contributed by atoms with van der Waals surface area (Å²) in [5.41, 5.74) is 1.88. The molecule has 94 valence electrons. The first-order valence-electron chi connectivity index (χ1n) is 6.31. The standard InChI is InChI=1S/C14H22N2O/c1-4-14(2,17)11-16-10-9-15(3)12-7-5-6-8-13(12)16/h5-8,17H,4,9-11H2,1-3H3. The summed E-state index contributed by atoms with van der Waals surface area (Å²) in [5, 5.41) is 10.2. The first-order chi connectivity index (χ1) is 8.03. The normalized spacial score (nSPS) is 18.8. The van der Waals surface area contributed by atoms with Crippen LogP contribution < -0.4 is 9.80 Å². The summed E-state index contributed by atoms with van der Waals surface area (Å²) in [4.78, 5) is 4.56. The molecule has 1 heterocycles. The van der Waals surface area contributed by atoms with E-state index in [1.807, 2.05) is 13.8 Å². The fraction of sp³-hybridized carbons (Fsp3) is 0.571. The Balaban J connectivity index is 2.24. The van der Waals surface area contributed by atoms with Crippen molar-refractivity contribution < 1.29 is 5.11 Å². The molecule has 1 unspecified atom stereocenters. The number of hydrogen-bond donors (Lipinski definition) is 1. The number of para-hydroxylation sites is 2. The summed E-state index contributed by atoms with van der Waals surface area (Å²) in [7, 11) is 2.12. The average Bonchev–Trinajstić information content (AvgIpc) is 2.33. The lowest BCUT2D eigenvalue weighted by molar-refractivity contribution is 0.0629. The number of fused-ring (bicyclic) bond motifs is 1. The van der Waals surface area contributed by atoms with Crippen molar-refractivity contribution >= 4 is 11.4 Å². The number of rotatable bonds is 3. The second kappa shape index (κ2) is 4.57. The number of likely N-dealkylation sites (N-methyl/N-ethyl adjacent to an activating group) is 1. The molecule has 1 aliphatic heterocycles. The second-order valence-electron chi connectivity index (χ2n) is 5.18. The van der Waals surface area contributed by atoms with Crippen molar-refractivity contribution in [1.82, 2.24) is 0 Å². The number of benzene rings is 1. The molecule has 0 saturated carbocycles. The Hall–Kier alpha value is -1.22. The number of hydrogen-bond acceptors (Lipinski definition) is 3. The molecule has 0 spiro atoms. The van der Waals surface area contributed by atoms with Gasteiger partial charge in [-0.2, -0.15) is 0 Å². The minimum atomic E-state index is -0.608. The van der Waals surface area contributed by atoms with E-state index >= 15 is 0 Å². The van der Waals surface area contributed by atoms with Crippen LogP contribution >= 0.6 is 0 Å². The number of anilines is 2. The average molecular weight is 234 g/mol. The largest absolute Gasteiger partial charge is 0.388 e. The minimum Gasteiger partial charge on any atom is -0.388 e. The molecule has 0 aromatic heterocycles. The Labute approximate surface area is 104 Å². The van der Waals surface area contributed by atoms with E-state index in [0.29, 0.717) is 6.54 Å². The van der Waals surface area contributed by atoms with E-state index in [0.717, 1.165) is 19.5 Å². The fourth-order valence-electron chi connectivity index (χ4n) is 2.25. The van der Waals surface area contributed by atoms with Crippen molar-refractivity contribution in [2.75, 3.05) is 36.5 Å². The molecule has 1 aromatic rings. The predicted octanol–water partition coefficient (Wildman–Crippen LogP) is 2.10. The van der Waals surface area contributed by atoms with Crippen LogP contribution in [-0.2, 0) is 0 Å². The predicted molar refractivity (Wildman–Crippen MR) is 72.8 cm³/mol. The zero-order chi connectivity index (χ0) is 12.5. The molecule has 0 aliphatic carbocycles. The van der Waals surface area contributed by atoms with Crippen LogP contribution in [0.25, 0.3) is 0 Å². The van der Waals surface area contributed by atoms with Crippen molar-refractivity contribution in [3.8, 4) is 0 Å². The highest BCUT2D eigenvalue weighted by atomic mass is 16.3. The fourth-order valence-corrected chi connectivity index (χ4v) is 2.25. The summed E-state index contributed by atoms with van der Waals surface area (Å²) in [5.74, 6) is 0. The minimum absolute atomic E-state index is 0.608. The number of β-amino-alcohol motifs (C(OH)–C–C–N with tert-alkyl or cyclic N) is 1. The van der Waals surface area contributed by atoms with Crippen LogP contribution in [0.15, 0.2) is 24.3 Å². The van der Waals surface area contributed by atoms with E-state index in [9.17, 15) is 5.11 Å². The quantitative estimate of drug-likeness (QED) is 0.867. The molecule has 0 saturated heterocycles. The monoisotopic (exact) mass is 234 g/mol. The Kier molecular flexibility index (Phi) is 3.29. The highest BCUT2D eigenvalue weighted by Crippen LogP contribution is 2.32. The molecule has 0 radical (unpaired) electrons. The van der Waals surface area contributed by atoms with Gasteiger partial charge in [0.15, 0.2) is 0 Å². The molecule has 0 amide bonds. The van der Waals surface area contributed by atoms with Crippen molar-refractivity contribution in [2.24, 2.45) is 0 Å². The van der Waals surface area contributed by atoms with Crippen LogP contribution in [0.5, 0.6) is 0 Å². The van der Waals surface area contributed by atoms with Gasteiger partial charge in [-0.1, -0.05) is 19.1 Å². The van der Waals surface area contributed by atoms with Crippen molar-refractivity contribution in [1.29, 1.82) is 0 Å². The third kappa shape index (κ3) is 2.55. The number of aliphatic hydroxyl groups is 1. The zero-order valence-corrected chi connectivity index (χ0v) is 11.0. The van der Waals surface area contributed by atoms with Crippen LogP contribution in [0, 0.1) is 0 Å². The zero-order valence-electron chi connectivity index (χ0n) is 11.0. The molecule has 1 aliphatic rings. The van der Waals surface area contributed by atoms with Gasteiger partial charge in [0.25, 0.3) is 0 Å². The smallest absolute Gasteiger partial charge is 0.0791 e. The maximum absolute atomic E-state index is 10.2. The first kappa shape index (κ1) is 12.2. The van der Waals surface area contributed by atoms with Crippen LogP contribution in [0.3, 0.4) is 0 Å². The van der Waals surface area contributed by atoms with Gasteiger partial charge in [-0.25, -0.2) is 0 Å². The van der Waals surface area contributed by atoms with Gasteiger partial charge in [0.2, 0.25) is 0 Å². The Morgan fingerprint density at radius 3 is 2.53 bits per heavy atom. The summed E-state index contributed by atoms with van der Waals surface area (Å²) >= 11 is 0. The summed E-state index contributed by atoms with van der Waals surface area (Å²) in [6.07, 6.45) is 0.779. The van der Waals surface area contributed by atoms with Crippen molar-refractivity contribution in [3.63, 3.8) is 0 Å². The third-order valence-electron chi connectivity index (χ3n) is 3.63. The molecule has 2 rings (SSSR count). The van der Waals surface area contributed by atoms with Crippen LogP contribution in [0.1, 0.15) is 20.3 Å². The molecule has 0 bridgehead atoms. The van der Waals surface area contributed by atoms with Gasteiger partial charge >= 0.3 is 0 Å². The molecule has 1 atom stereocenters. The Morgan fingerprint density at radius 1 is 1.24 bits per heavy atom. The van der Waals surface area contributed by atoms with Gasteiger partial charge in [-0.15, -0.1) is 0 Å². The molecular weight excluding hydrogens is 212 g/mol. The lowest BCUT2D eigenvalue weighted by atomic mass is 10.0. The van der Waals surface area contributed by atoms with Crippen LogP contribution in [0.2, 0.25) is 0 Å². The highest BCUT2D eigenvalue weighted by molar-refractivity contribution is 5.73. The lowest BCUT2D eigenvalue weighted by Crippen LogP contribution is -2.46. The third-order valence-corrected chi connectivity index (χ3v) is 3.63. The molecule has 17 heavy (non-hydrogen) atoms. The van der Waals surface area contributed by atoms with Gasteiger partial charge in [0, 0.05) is 26.7 Å². The lowest BCUT2D eigenvalue weighted by Gasteiger charge is -2.40. The molecule has 1 N–H and O–H groups in total. The van der Waals surface area contributed by atoms with Gasteiger partial charge in [-0.3, -0.25) is 0 Å². The van der Waals surface area contributed by atoms with E-state index in [4.69, 9.17) is 0 Å². The summed E-state index contributed by atoms with van der Waals surface area (Å²) in [6.45, 7) is 6.63. The van der Waals surface area contributed by atoms with Crippen molar-refractivity contribution in [2.45, 2.75) is 25.9 Å². The second-order valence-corrected chi connectivity index (χ2v) is 5.18. The van der Waals surface area contributed by atoms with Gasteiger partial charge in [-0.05, 0) is 25.5 Å². The Morgan fingerprint density at radius 2 is 1.88 bits per heavy atom. The summed E-state index contributed by atoms with van der Waals surface area (Å²) < 4.78 is 0. The molecule has 3 heteroatoms. The highest BCUT2D eigenvalue weighted by Gasteiger charge is 2.26. The molecule has 3 nitrogen and oxygen atoms in total. The van der Waals surface area contributed by atoms with E-state index < -0.39 is 5.60 Å². The van der Waals surface area contributed by atoms with E-state index in [1.165, 1.54) is 11.4 Å². The number of nitrogens with zero attached hydrogens (tertiary/aromatic N) is 2. The van der Waals surface area contributed by atoms with Crippen LogP contribution in [-0.4, -0.2) is 37.4 Å². The van der Waals surface area contributed by atoms with Gasteiger partial charge in [0.05, 0.1) is 17.0 Å². The maximum atomic E-state index is 10.2. The summed E-state index contributed by atoms with van der Waals surface area (Å²) in [6, 6.07) is 8.40. The van der Waals surface area contributed by atoms with Crippen molar-refractivity contribution in [3.05, 3.63) is 24.3 Å². The Bertz CT molecular complexity index is 390. The molecular formula is C14H22N2O. The molecule has 1 aromatic carbocycles. The van der Waals surface area contributed by atoms with Crippen LogP contribution in [0.4, 0.5) is 11.4 Å². The SMILES string of the molecule is CCC(C)(O)CN1CCN(C)c2ccccc21. The van der Waals surface area contributed by atoms with E-state index in [-0.39, 0.29) is 0 Å². The van der Waals surface area contributed by atoms with E-state index in [2.05, 4.69) is 41.1 Å². The van der Waals surface area contributed by atoms with E-state index in [1.54, 1.807) is 0 Å². The topological polar surface area (TPSA) is 26.7 Å². The maximum Gasteiger partial charge on any atom is 0.0791 e. The first-order valence-corrected chi connectivity index (χ1v) is 6.31. The molecule has 0 fully saturated rings.